The molecule has 0 spiro atoms. The number of imide groups is 1. The van der Waals surface area contributed by atoms with Crippen LogP contribution in [-0.2, 0) is 10.3 Å². The van der Waals surface area contributed by atoms with Crippen LogP contribution < -0.4 is 15.0 Å². The molecular weight excluding hydrogens is 407 g/mol. The summed E-state index contributed by atoms with van der Waals surface area (Å²) < 4.78 is 19.3. The Hall–Kier alpha value is -3.38. The first-order chi connectivity index (χ1) is 14.4. The number of nitrogens with one attached hydrogen (secondary N) is 1. The first-order valence-electron chi connectivity index (χ1n) is 9.40. The Morgan fingerprint density at radius 3 is 2.30 bits per heavy atom. The predicted octanol–water partition coefficient (Wildman–Crippen LogP) is 5.63. The Kier molecular flexibility index (Phi) is 5.18. The molecule has 1 unspecified atom stereocenters. The van der Waals surface area contributed by atoms with Crippen molar-refractivity contribution in [3.8, 4) is 11.5 Å². The Bertz CT molecular complexity index is 1100. The molecule has 5 nitrogen and oxygen atoms in total. The number of anilines is 1. The number of carbonyl (C=O) groups excluding carboxylic acids is 2. The summed E-state index contributed by atoms with van der Waals surface area (Å²) in [4.78, 5) is 27.1. The summed E-state index contributed by atoms with van der Waals surface area (Å²) in [7, 11) is 0. The van der Waals surface area contributed by atoms with E-state index in [-0.39, 0.29) is 11.7 Å². The van der Waals surface area contributed by atoms with Crippen LogP contribution in [0, 0.1) is 5.82 Å². The van der Waals surface area contributed by atoms with Crippen LogP contribution in [0.3, 0.4) is 0 Å². The molecule has 30 heavy (non-hydrogen) atoms. The molecule has 1 atom stereocenters. The van der Waals surface area contributed by atoms with Crippen LogP contribution in [0.4, 0.5) is 14.9 Å². The highest BCUT2D eigenvalue weighted by molar-refractivity contribution is 6.30. The molecule has 1 fully saturated rings. The lowest BCUT2D eigenvalue weighted by molar-refractivity contribution is -0.122. The smallest absolute Gasteiger partial charge is 0.329 e. The normalized spacial score (nSPS) is 18.4. The van der Waals surface area contributed by atoms with Crippen molar-refractivity contribution in [1.29, 1.82) is 0 Å². The fourth-order valence-electron chi connectivity index (χ4n) is 3.50. The zero-order chi connectivity index (χ0) is 21.3. The molecule has 0 aliphatic carbocycles. The highest BCUT2D eigenvalue weighted by Crippen LogP contribution is 2.36. The number of benzene rings is 3. The van der Waals surface area contributed by atoms with Crippen molar-refractivity contribution in [2.24, 2.45) is 0 Å². The van der Waals surface area contributed by atoms with Gasteiger partial charge >= 0.3 is 6.03 Å². The van der Waals surface area contributed by atoms with Gasteiger partial charge in [-0.1, -0.05) is 42.8 Å². The number of amides is 3. The molecule has 1 N–H and O–H groups in total. The second kappa shape index (κ2) is 7.80. The molecule has 3 aromatic rings. The fourth-order valence-corrected chi connectivity index (χ4v) is 3.63. The van der Waals surface area contributed by atoms with Gasteiger partial charge in [0.2, 0.25) is 0 Å². The molecule has 1 saturated heterocycles. The van der Waals surface area contributed by atoms with Gasteiger partial charge in [-0.15, -0.1) is 0 Å². The van der Waals surface area contributed by atoms with E-state index >= 15 is 0 Å². The van der Waals surface area contributed by atoms with Gasteiger partial charge in [-0.3, -0.25) is 4.79 Å². The maximum absolute atomic E-state index is 13.8. The van der Waals surface area contributed by atoms with Gasteiger partial charge in [-0.05, 0) is 60.5 Å². The van der Waals surface area contributed by atoms with Crippen molar-refractivity contribution < 1.29 is 18.7 Å². The van der Waals surface area contributed by atoms with Crippen LogP contribution in [0.1, 0.15) is 18.9 Å². The van der Waals surface area contributed by atoms with E-state index in [2.05, 4.69) is 5.32 Å². The van der Waals surface area contributed by atoms with Gasteiger partial charge in [0.25, 0.3) is 5.91 Å². The maximum Gasteiger partial charge on any atom is 0.329 e. The van der Waals surface area contributed by atoms with Crippen LogP contribution in [0.25, 0.3) is 0 Å². The molecule has 1 aliphatic rings. The van der Waals surface area contributed by atoms with Gasteiger partial charge in [0.15, 0.2) is 11.6 Å². The third-order valence-electron chi connectivity index (χ3n) is 5.12. The van der Waals surface area contributed by atoms with E-state index < -0.39 is 17.4 Å². The minimum atomic E-state index is -1.16. The third kappa shape index (κ3) is 3.39. The van der Waals surface area contributed by atoms with Crippen molar-refractivity contribution in [2.75, 3.05) is 4.90 Å². The van der Waals surface area contributed by atoms with E-state index in [9.17, 15) is 14.0 Å². The van der Waals surface area contributed by atoms with Gasteiger partial charge in [0, 0.05) is 5.02 Å². The summed E-state index contributed by atoms with van der Waals surface area (Å²) in [6.07, 6.45) is 0.379. The minimum Gasteiger partial charge on any atom is -0.454 e. The molecule has 4 rings (SSSR count). The van der Waals surface area contributed by atoms with E-state index in [0.717, 1.165) is 4.90 Å². The SMILES string of the molecule is CCC1(c2ccc(Cl)cc2)NC(=O)N(c2ccc(Oc3ccccc3F)cc2)C1=O. The van der Waals surface area contributed by atoms with Crippen molar-refractivity contribution >= 4 is 29.2 Å². The molecule has 0 bridgehead atoms. The molecular formula is C23H18ClFN2O3. The van der Waals surface area contributed by atoms with E-state index in [1.807, 2.05) is 6.92 Å². The second-order valence-corrected chi connectivity index (χ2v) is 7.30. The third-order valence-corrected chi connectivity index (χ3v) is 5.37. The fraction of sp³-hybridized carbons (Fsp3) is 0.130. The highest BCUT2D eigenvalue weighted by atomic mass is 35.5. The molecule has 152 valence electrons. The lowest BCUT2D eigenvalue weighted by Crippen LogP contribution is -2.43. The molecule has 3 aromatic carbocycles. The highest BCUT2D eigenvalue weighted by Gasteiger charge is 2.51. The van der Waals surface area contributed by atoms with Crippen LogP contribution in [0.5, 0.6) is 11.5 Å². The first kappa shape index (κ1) is 19.9. The van der Waals surface area contributed by atoms with Gasteiger partial charge in [-0.2, -0.15) is 0 Å². The van der Waals surface area contributed by atoms with Crippen molar-refractivity contribution in [1.82, 2.24) is 5.32 Å². The number of halogens is 2. The molecule has 0 saturated carbocycles. The number of para-hydroxylation sites is 1. The van der Waals surface area contributed by atoms with Gasteiger partial charge in [-0.25, -0.2) is 14.1 Å². The summed E-state index contributed by atoms with van der Waals surface area (Å²) in [5, 5.41) is 3.37. The number of urea groups is 1. The largest absolute Gasteiger partial charge is 0.454 e. The number of rotatable bonds is 5. The molecule has 7 heteroatoms. The maximum atomic E-state index is 13.8. The van der Waals surface area contributed by atoms with E-state index in [1.54, 1.807) is 60.7 Å². The van der Waals surface area contributed by atoms with E-state index in [0.29, 0.717) is 28.4 Å². The lowest BCUT2D eigenvalue weighted by atomic mass is 9.87. The molecule has 0 aromatic heterocycles. The van der Waals surface area contributed by atoms with Gasteiger partial charge in [0.05, 0.1) is 5.69 Å². The Morgan fingerprint density at radius 1 is 1.00 bits per heavy atom. The molecule has 0 radical (unpaired) electrons. The Labute approximate surface area is 178 Å². The van der Waals surface area contributed by atoms with Gasteiger partial charge < -0.3 is 10.1 Å². The average Bonchev–Trinajstić information content (AvgIpc) is 3.01. The summed E-state index contributed by atoms with van der Waals surface area (Å²) in [5.74, 6) is -0.380. The van der Waals surface area contributed by atoms with Gasteiger partial charge in [0.1, 0.15) is 11.3 Å². The lowest BCUT2D eigenvalue weighted by Gasteiger charge is -2.25. The summed E-state index contributed by atoms with van der Waals surface area (Å²) in [6, 6.07) is 18.7. The van der Waals surface area contributed by atoms with Crippen molar-refractivity contribution in [3.63, 3.8) is 0 Å². The second-order valence-electron chi connectivity index (χ2n) is 6.86. The van der Waals surface area contributed by atoms with Crippen molar-refractivity contribution in [2.45, 2.75) is 18.9 Å². The zero-order valence-corrected chi connectivity index (χ0v) is 16.8. The van der Waals surface area contributed by atoms with Crippen molar-refractivity contribution in [3.05, 3.63) is 89.2 Å². The Morgan fingerprint density at radius 2 is 1.67 bits per heavy atom. The van der Waals surface area contributed by atoms with E-state index in [4.69, 9.17) is 16.3 Å². The number of hydrogen-bond acceptors (Lipinski definition) is 3. The Balaban J connectivity index is 1.61. The summed E-state index contributed by atoms with van der Waals surface area (Å²) in [5.41, 5.74) is -0.110. The summed E-state index contributed by atoms with van der Waals surface area (Å²) >= 11 is 5.96. The molecule has 1 aliphatic heterocycles. The standard InChI is InChI=1S/C23H18ClFN2O3/c1-2-23(15-7-9-16(24)10-8-15)21(28)27(22(29)26-23)17-11-13-18(14-12-17)30-20-6-4-3-5-19(20)25/h3-14H,2H2,1H3,(H,26,29). The number of ether oxygens (including phenoxy) is 1. The number of carbonyl (C=O) groups is 2. The molecule has 3 amide bonds. The topological polar surface area (TPSA) is 58.6 Å². The van der Waals surface area contributed by atoms with Crippen LogP contribution in [0.15, 0.2) is 72.8 Å². The summed E-state index contributed by atoms with van der Waals surface area (Å²) in [6.45, 7) is 1.83. The quantitative estimate of drug-likeness (QED) is 0.540. The average molecular weight is 425 g/mol. The number of nitrogens with zero attached hydrogens (tertiary/aromatic N) is 1. The van der Waals surface area contributed by atoms with E-state index in [1.165, 1.54) is 12.1 Å². The minimum absolute atomic E-state index is 0.0907. The monoisotopic (exact) mass is 424 g/mol. The molecule has 1 heterocycles. The first-order valence-corrected chi connectivity index (χ1v) is 9.77. The predicted molar refractivity (Wildman–Crippen MR) is 112 cm³/mol. The number of hydrogen-bond donors (Lipinski definition) is 1. The van der Waals surface area contributed by atoms with Crippen LogP contribution in [-0.4, -0.2) is 11.9 Å². The van der Waals surface area contributed by atoms with Crippen LogP contribution >= 0.6 is 11.6 Å². The van der Waals surface area contributed by atoms with Crippen LogP contribution in [0.2, 0.25) is 5.02 Å². The zero-order valence-electron chi connectivity index (χ0n) is 16.1.